The summed E-state index contributed by atoms with van der Waals surface area (Å²) in [5.74, 6) is 0.792. The van der Waals surface area contributed by atoms with Gasteiger partial charge in [-0.2, -0.15) is 0 Å². The maximum Gasteiger partial charge on any atom is 0.276 e. The quantitative estimate of drug-likeness (QED) is 0.648. The summed E-state index contributed by atoms with van der Waals surface area (Å²) in [6.45, 7) is 2.59. The molecule has 1 aliphatic heterocycles. The van der Waals surface area contributed by atoms with Crippen LogP contribution in [-0.2, 0) is 6.42 Å². The Morgan fingerprint density at radius 3 is 2.71 bits per heavy atom. The number of hydrogen-bond acceptors (Lipinski definition) is 5. The summed E-state index contributed by atoms with van der Waals surface area (Å²) in [7, 11) is 0. The minimum absolute atomic E-state index is 0.151. The van der Waals surface area contributed by atoms with Crippen molar-refractivity contribution < 1.29 is 18.2 Å². The smallest absolute Gasteiger partial charge is 0.276 e. The van der Waals surface area contributed by atoms with Crippen molar-refractivity contribution in [1.29, 1.82) is 0 Å². The average Bonchev–Trinajstić information content (AvgIpc) is 3.33. The molecule has 0 spiro atoms. The van der Waals surface area contributed by atoms with Crippen LogP contribution in [0.25, 0.3) is 11.3 Å². The van der Waals surface area contributed by atoms with Gasteiger partial charge in [-0.1, -0.05) is 30.1 Å². The molecule has 4 rings (SSSR count). The molecule has 1 amide bonds. The molecule has 7 heteroatoms. The highest BCUT2D eigenvalue weighted by molar-refractivity contribution is 5.92. The number of carbonyl (C=O) groups is 1. The number of carbonyl (C=O) groups excluding carboxylic acids is 1. The van der Waals surface area contributed by atoms with Crippen LogP contribution in [0.4, 0.5) is 4.39 Å². The number of aryl methyl sites for hydroxylation is 1. The minimum atomic E-state index is -0.303. The van der Waals surface area contributed by atoms with Gasteiger partial charge in [0.25, 0.3) is 5.91 Å². The van der Waals surface area contributed by atoms with E-state index in [1.54, 1.807) is 18.2 Å². The highest BCUT2D eigenvalue weighted by Crippen LogP contribution is 2.33. The molecule has 146 valence electrons. The number of amides is 1. The number of hydrogen-bond donors (Lipinski definition) is 0. The van der Waals surface area contributed by atoms with Crippen LogP contribution in [0.3, 0.4) is 0 Å². The molecule has 1 aromatic carbocycles. The highest BCUT2D eigenvalue weighted by atomic mass is 19.1. The van der Waals surface area contributed by atoms with Gasteiger partial charge < -0.3 is 13.9 Å². The third-order valence-corrected chi connectivity index (χ3v) is 5.14. The monoisotopic (exact) mass is 383 g/mol. The lowest BCUT2D eigenvalue weighted by Gasteiger charge is -2.27. The van der Waals surface area contributed by atoms with Crippen LogP contribution in [0.5, 0.6) is 0 Å². The molecule has 0 saturated carbocycles. The fourth-order valence-corrected chi connectivity index (χ4v) is 3.58. The lowest BCUT2D eigenvalue weighted by atomic mass is 10.0. The molecule has 0 bridgehead atoms. The SMILES string of the molecule is CCc1cc(C(=O)N2CCCCC[C@H]2c2cc(-c3ccc(F)cc3)on2)no1. The van der Waals surface area contributed by atoms with Crippen molar-refractivity contribution in [2.45, 2.75) is 45.1 Å². The largest absolute Gasteiger partial charge is 0.361 e. The topological polar surface area (TPSA) is 72.4 Å². The lowest BCUT2D eigenvalue weighted by molar-refractivity contribution is 0.0663. The molecular formula is C21H22FN3O3. The zero-order valence-electron chi connectivity index (χ0n) is 15.7. The number of likely N-dealkylation sites (tertiary alicyclic amines) is 1. The van der Waals surface area contributed by atoms with E-state index in [-0.39, 0.29) is 17.8 Å². The third-order valence-electron chi connectivity index (χ3n) is 5.14. The molecule has 1 fully saturated rings. The number of nitrogens with zero attached hydrogens (tertiary/aromatic N) is 3. The molecule has 1 saturated heterocycles. The molecular weight excluding hydrogens is 361 g/mol. The van der Waals surface area contributed by atoms with Crippen LogP contribution in [0, 0.1) is 5.82 Å². The van der Waals surface area contributed by atoms with Gasteiger partial charge in [-0.25, -0.2) is 4.39 Å². The lowest BCUT2D eigenvalue weighted by Crippen LogP contribution is -2.35. The Bertz CT molecular complexity index is 948. The van der Waals surface area contributed by atoms with E-state index < -0.39 is 0 Å². The van der Waals surface area contributed by atoms with Crippen LogP contribution >= 0.6 is 0 Å². The van der Waals surface area contributed by atoms with Crippen molar-refractivity contribution in [3.63, 3.8) is 0 Å². The molecule has 0 radical (unpaired) electrons. The van der Waals surface area contributed by atoms with Gasteiger partial charge in [0.15, 0.2) is 11.5 Å². The zero-order chi connectivity index (χ0) is 19.5. The Morgan fingerprint density at radius 2 is 1.96 bits per heavy atom. The first kappa shape index (κ1) is 18.4. The molecule has 1 aliphatic rings. The van der Waals surface area contributed by atoms with Crippen LogP contribution in [0.1, 0.15) is 60.6 Å². The Morgan fingerprint density at radius 1 is 1.14 bits per heavy atom. The molecule has 0 N–H and O–H groups in total. The van der Waals surface area contributed by atoms with Crippen LogP contribution < -0.4 is 0 Å². The van der Waals surface area contributed by atoms with Gasteiger partial charge in [0.2, 0.25) is 0 Å². The van der Waals surface area contributed by atoms with Gasteiger partial charge in [-0.15, -0.1) is 0 Å². The fourth-order valence-electron chi connectivity index (χ4n) is 3.58. The van der Waals surface area contributed by atoms with Gasteiger partial charge >= 0.3 is 0 Å². The molecule has 28 heavy (non-hydrogen) atoms. The molecule has 0 aliphatic carbocycles. The first-order chi connectivity index (χ1) is 13.7. The predicted molar refractivity (Wildman–Crippen MR) is 100 cm³/mol. The Hall–Kier alpha value is -2.96. The summed E-state index contributed by atoms with van der Waals surface area (Å²) in [6.07, 6.45) is 4.49. The number of halogens is 1. The summed E-state index contributed by atoms with van der Waals surface area (Å²) < 4.78 is 23.9. The normalized spacial score (nSPS) is 17.5. The van der Waals surface area contributed by atoms with Gasteiger partial charge in [0.05, 0.1) is 6.04 Å². The number of rotatable bonds is 4. The van der Waals surface area contributed by atoms with Crippen molar-refractivity contribution >= 4 is 5.91 Å². The summed E-state index contributed by atoms with van der Waals surface area (Å²) in [4.78, 5) is 14.9. The molecule has 3 heterocycles. The van der Waals surface area contributed by atoms with Crippen LogP contribution in [0.2, 0.25) is 0 Å². The predicted octanol–water partition coefficient (Wildman–Crippen LogP) is 4.79. The second kappa shape index (κ2) is 7.96. The van der Waals surface area contributed by atoms with Crippen molar-refractivity contribution in [3.05, 3.63) is 59.4 Å². The summed E-state index contributed by atoms with van der Waals surface area (Å²) in [5.41, 5.74) is 1.77. The minimum Gasteiger partial charge on any atom is -0.361 e. The van der Waals surface area contributed by atoms with Crippen molar-refractivity contribution in [2.24, 2.45) is 0 Å². The molecule has 0 unspecified atom stereocenters. The maximum absolute atomic E-state index is 13.2. The molecule has 3 aromatic rings. The maximum atomic E-state index is 13.2. The van der Waals surface area contributed by atoms with E-state index in [0.717, 1.165) is 31.2 Å². The van der Waals surface area contributed by atoms with Gasteiger partial charge in [0, 0.05) is 30.7 Å². The summed E-state index contributed by atoms with van der Waals surface area (Å²) in [5, 5.41) is 8.16. The molecule has 2 aromatic heterocycles. The van der Waals surface area contributed by atoms with Crippen molar-refractivity contribution in [2.75, 3.05) is 6.54 Å². The standard InChI is InChI=1S/C21H22FN3O3/c1-2-16-12-18(24-27-16)21(26)25-11-5-3-4-6-19(25)17-13-20(28-23-17)14-7-9-15(22)10-8-14/h7-10,12-13,19H,2-6,11H2,1H3/t19-/m0/s1. The second-order valence-corrected chi connectivity index (χ2v) is 7.02. The Balaban J connectivity index is 1.62. The summed E-state index contributed by atoms with van der Waals surface area (Å²) in [6, 6.07) is 9.42. The molecule has 6 nitrogen and oxygen atoms in total. The van der Waals surface area contributed by atoms with E-state index in [9.17, 15) is 9.18 Å². The average molecular weight is 383 g/mol. The van der Waals surface area contributed by atoms with Gasteiger partial charge in [-0.3, -0.25) is 4.79 Å². The van der Waals surface area contributed by atoms with E-state index in [2.05, 4.69) is 10.3 Å². The fraction of sp³-hybridized carbons (Fsp3) is 0.381. The third kappa shape index (κ3) is 3.69. The molecule has 1 atom stereocenters. The zero-order valence-corrected chi connectivity index (χ0v) is 15.7. The van der Waals surface area contributed by atoms with Crippen LogP contribution in [-0.4, -0.2) is 27.7 Å². The number of aromatic nitrogens is 2. The highest BCUT2D eigenvalue weighted by Gasteiger charge is 2.31. The van der Waals surface area contributed by atoms with Crippen molar-refractivity contribution in [3.8, 4) is 11.3 Å². The van der Waals surface area contributed by atoms with E-state index in [1.165, 1.54) is 12.1 Å². The Kier molecular flexibility index (Phi) is 5.23. The van der Waals surface area contributed by atoms with E-state index in [0.29, 0.717) is 35.9 Å². The summed E-state index contributed by atoms with van der Waals surface area (Å²) >= 11 is 0. The van der Waals surface area contributed by atoms with E-state index in [4.69, 9.17) is 9.05 Å². The van der Waals surface area contributed by atoms with Gasteiger partial charge in [-0.05, 0) is 37.1 Å². The first-order valence-corrected chi connectivity index (χ1v) is 9.65. The van der Waals surface area contributed by atoms with Crippen LogP contribution in [0.15, 0.2) is 45.4 Å². The van der Waals surface area contributed by atoms with Crippen molar-refractivity contribution in [1.82, 2.24) is 15.2 Å². The van der Waals surface area contributed by atoms with E-state index in [1.807, 2.05) is 17.9 Å². The second-order valence-electron chi connectivity index (χ2n) is 7.02. The Labute approximate surface area is 162 Å². The number of benzene rings is 1. The van der Waals surface area contributed by atoms with Gasteiger partial charge in [0.1, 0.15) is 17.3 Å². The van der Waals surface area contributed by atoms with E-state index >= 15 is 0 Å². The first-order valence-electron chi connectivity index (χ1n) is 9.65.